The van der Waals surface area contributed by atoms with E-state index in [0.717, 1.165) is 6.42 Å². The normalized spacial score (nSPS) is 25.0. The van der Waals surface area contributed by atoms with E-state index < -0.39 is 0 Å². The third-order valence-electron chi connectivity index (χ3n) is 4.53. The van der Waals surface area contributed by atoms with Gasteiger partial charge in [0.1, 0.15) is 6.61 Å². The fourth-order valence-electron chi connectivity index (χ4n) is 3.42. The van der Waals surface area contributed by atoms with Gasteiger partial charge >= 0.3 is 0 Å². The van der Waals surface area contributed by atoms with Gasteiger partial charge in [0.2, 0.25) is 11.8 Å². The van der Waals surface area contributed by atoms with Crippen LogP contribution in [-0.2, 0) is 4.79 Å². The summed E-state index contributed by atoms with van der Waals surface area (Å²) in [6.07, 6.45) is 7.56. The second kappa shape index (κ2) is 10.3. The Morgan fingerprint density at radius 3 is 2.83 bits per heavy atom. The van der Waals surface area contributed by atoms with Crippen molar-refractivity contribution in [3.8, 4) is 5.88 Å². The molecule has 0 radical (unpaired) electrons. The van der Waals surface area contributed by atoms with E-state index in [1.54, 1.807) is 18.3 Å². The molecule has 3 rings (SSSR count). The summed E-state index contributed by atoms with van der Waals surface area (Å²) in [6, 6.07) is 3.95. The molecule has 5 nitrogen and oxygen atoms in total. The first kappa shape index (κ1) is 21.3. The number of carbonyl (C=O) groups is 1. The minimum atomic E-state index is -0.0400. The van der Waals surface area contributed by atoms with Crippen LogP contribution in [0.5, 0.6) is 5.88 Å². The van der Waals surface area contributed by atoms with Crippen LogP contribution < -0.4 is 15.4 Å². The first-order valence-corrected chi connectivity index (χ1v) is 8.38. The molecule has 1 aliphatic heterocycles. The smallest absolute Gasteiger partial charge is 0.237 e. The van der Waals surface area contributed by atoms with Crippen LogP contribution in [0.3, 0.4) is 0 Å². The summed E-state index contributed by atoms with van der Waals surface area (Å²) in [6.45, 7) is 0.886. The minimum absolute atomic E-state index is 0. The lowest BCUT2D eigenvalue weighted by atomic mass is 9.85. The molecule has 1 amide bonds. The quantitative estimate of drug-likeness (QED) is 0.751. The number of hydrogen-bond donors (Lipinski definition) is 2. The zero-order chi connectivity index (χ0) is 15.4. The number of amides is 1. The van der Waals surface area contributed by atoms with Gasteiger partial charge in [-0.15, -0.1) is 24.8 Å². The average Bonchev–Trinajstić information content (AvgIpc) is 2.97. The Bertz CT molecular complexity index is 502. The number of fused-ring (bicyclic) bond motifs is 1. The van der Waals surface area contributed by atoms with E-state index in [1.165, 1.54) is 25.7 Å². The molecule has 1 saturated carbocycles. The first-order valence-electron chi connectivity index (χ1n) is 8.00. The van der Waals surface area contributed by atoms with Crippen molar-refractivity contribution in [2.45, 2.75) is 44.2 Å². The molecule has 8 heteroatoms. The van der Waals surface area contributed by atoms with E-state index in [0.29, 0.717) is 36.0 Å². The zero-order valence-corrected chi connectivity index (χ0v) is 15.8. The lowest BCUT2D eigenvalue weighted by molar-refractivity contribution is -0.123. The molecule has 136 valence electrons. The molecule has 3 atom stereocenters. The van der Waals surface area contributed by atoms with E-state index in [4.69, 9.17) is 16.3 Å². The zero-order valence-electron chi connectivity index (χ0n) is 13.4. The van der Waals surface area contributed by atoms with E-state index >= 15 is 0 Å². The molecular weight excluding hydrogens is 373 g/mol. The predicted octanol–water partition coefficient (Wildman–Crippen LogP) is 2.99. The Morgan fingerprint density at radius 2 is 2.12 bits per heavy atom. The van der Waals surface area contributed by atoms with Crippen LogP contribution >= 0.6 is 36.4 Å². The van der Waals surface area contributed by atoms with Crippen molar-refractivity contribution in [1.82, 2.24) is 15.6 Å². The minimum Gasteiger partial charge on any atom is -0.476 e. The highest BCUT2D eigenvalue weighted by atomic mass is 35.5. The van der Waals surface area contributed by atoms with Crippen molar-refractivity contribution in [2.24, 2.45) is 5.92 Å². The van der Waals surface area contributed by atoms with E-state index in [9.17, 15) is 4.79 Å². The Balaban J connectivity index is 0.00000144. The monoisotopic (exact) mass is 395 g/mol. The van der Waals surface area contributed by atoms with Crippen LogP contribution in [-0.4, -0.2) is 36.1 Å². The lowest BCUT2D eigenvalue weighted by Crippen LogP contribution is -2.44. The van der Waals surface area contributed by atoms with Crippen LogP contribution in [0.25, 0.3) is 0 Å². The summed E-state index contributed by atoms with van der Waals surface area (Å²) in [5.74, 6) is 1.28. The highest BCUT2D eigenvalue weighted by Gasteiger charge is 2.37. The van der Waals surface area contributed by atoms with Crippen LogP contribution in [0.1, 0.15) is 32.1 Å². The van der Waals surface area contributed by atoms with Gasteiger partial charge < -0.3 is 15.4 Å². The van der Waals surface area contributed by atoms with Crippen molar-refractivity contribution in [3.63, 3.8) is 0 Å². The summed E-state index contributed by atoms with van der Waals surface area (Å²) in [5.41, 5.74) is 0. The van der Waals surface area contributed by atoms with Gasteiger partial charge in [-0.1, -0.05) is 24.4 Å². The summed E-state index contributed by atoms with van der Waals surface area (Å²) in [7, 11) is 0. The fraction of sp³-hybridized carbons (Fsp3) is 0.625. The average molecular weight is 397 g/mol. The highest BCUT2D eigenvalue weighted by Crippen LogP contribution is 2.33. The van der Waals surface area contributed by atoms with Crippen LogP contribution in [0.4, 0.5) is 0 Å². The number of hydrogen-bond acceptors (Lipinski definition) is 4. The Labute approximate surface area is 160 Å². The largest absolute Gasteiger partial charge is 0.476 e. The third-order valence-corrected chi connectivity index (χ3v) is 4.75. The van der Waals surface area contributed by atoms with Crippen molar-refractivity contribution >= 4 is 42.3 Å². The number of aromatic nitrogens is 1. The Kier molecular flexibility index (Phi) is 9.13. The molecule has 2 N–H and O–H groups in total. The SMILES string of the molecule is Cl.Cl.O=C(NCCOc1ccc(Cl)cn1)C1CC2CCCCC2N1. The number of ether oxygens (including phenoxy) is 1. The Morgan fingerprint density at radius 1 is 1.33 bits per heavy atom. The number of nitrogens with zero attached hydrogens (tertiary/aromatic N) is 1. The molecule has 2 fully saturated rings. The number of carbonyl (C=O) groups excluding carboxylic acids is 1. The van der Waals surface area contributed by atoms with Gasteiger partial charge in [-0.25, -0.2) is 4.98 Å². The van der Waals surface area contributed by atoms with Crippen LogP contribution in [0.15, 0.2) is 18.3 Å². The van der Waals surface area contributed by atoms with Gasteiger partial charge in [0, 0.05) is 18.3 Å². The second-order valence-corrected chi connectivity index (χ2v) is 6.50. The molecule has 0 spiro atoms. The summed E-state index contributed by atoms with van der Waals surface area (Å²) in [4.78, 5) is 16.2. The summed E-state index contributed by atoms with van der Waals surface area (Å²) >= 11 is 5.76. The first-order chi connectivity index (χ1) is 10.7. The van der Waals surface area contributed by atoms with Gasteiger partial charge in [0.25, 0.3) is 0 Å². The van der Waals surface area contributed by atoms with E-state index in [1.807, 2.05) is 0 Å². The van der Waals surface area contributed by atoms with Gasteiger partial charge in [-0.05, 0) is 31.2 Å². The van der Waals surface area contributed by atoms with Gasteiger partial charge in [-0.3, -0.25) is 4.79 Å². The second-order valence-electron chi connectivity index (χ2n) is 6.06. The van der Waals surface area contributed by atoms with Gasteiger partial charge in [0.05, 0.1) is 17.6 Å². The molecule has 1 aliphatic carbocycles. The fourth-order valence-corrected chi connectivity index (χ4v) is 3.53. The topological polar surface area (TPSA) is 63.2 Å². The van der Waals surface area contributed by atoms with Crippen LogP contribution in [0.2, 0.25) is 5.02 Å². The highest BCUT2D eigenvalue weighted by molar-refractivity contribution is 6.30. The number of rotatable bonds is 5. The van der Waals surface area contributed by atoms with Gasteiger partial charge in [0.15, 0.2) is 0 Å². The molecule has 1 aromatic heterocycles. The molecule has 2 aliphatic rings. The standard InChI is InChI=1S/C16H22ClN3O2.2ClH/c17-12-5-6-15(19-10-12)22-8-7-18-16(21)14-9-11-3-1-2-4-13(11)20-14;;/h5-6,10-11,13-14,20H,1-4,7-9H2,(H,18,21);2*1H. The number of pyridine rings is 1. The maximum absolute atomic E-state index is 12.2. The molecular formula is C16H24Cl3N3O2. The van der Waals surface area contributed by atoms with Crippen molar-refractivity contribution in [2.75, 3.05) is 13.2 Å². The number of halogens is 3. The molecule has 1 saturated heterocycles. The van der Waals surface area contributed by atoms with E-state index in [-0.39, 0.29) is 36.8 Å². The summed E-state index contributed by atoms with van der Waals surface area (Å²) < 4.78 is 5.46. The summed E-state index contributed by atoms with van der Waals surface area (Å²) in [5, 5.41) is 6.99. The maximum atomic E-state index is 12.2. The molecule has 2 heterocycles. The Hall–Kier alpha value is -0.750. The molecule has 3 unspecified atom stereocenters. The maximum Gasteiger partial charge on any atom is 0.237 e. The predicted molar refractivity (Wildman–Crippen MR) is 99.5 cm³/mol. The van der Waals surface area contributed by atoms with Crippen LogP contribution in [0, 0.1) is 5.92 Å². The molecule has 0 aromatic carbocycles. The third kappa shape index (κ3) is 5.66. The van der Waals surface area contributed by atoms with Crippen molar-refractivity contribution in [1.29, 1.82) is 0 Å². The number of nitrogens with one attached hydrogen (secondary N) is 2. The van der Waals surface area contributed by atoms with Crippen molar-refractivity contribution in [3.05, 3.63) is 23.4 Å². The lowest BCUT2D eigenvalue weighted by Gasteiger charge is -2.24. The molecule has 1 aromatic rings. The molecule has 0 bridgehead atoms. The van der Waals surface area contributed by atoms with Crippen molar-refractivity contribution < 1.29 is 9.53 Å². The van der Waals surface area contributed by atoms with E-state index in [2.05, 4.69) is 15.6 Å². The molecule has 24 heavy (non-hydrogen) atoms. The van der Waals surface area contributed by atoms with Gasteiger partial charge in [-0.2, -0.15) is 0 Å².